The van der Waals surface area contributed by atoms with Crippen LogP contribution in [-0.2, 0) is 24.3 Å². The Bertz CT molecular complexity index is 732. The van der Waals surface area contributed by atoms with Crippen molar-refractivity contribution in [3.8, 4) is 5.75 Å². The molecule has 8 nitrogen and oxygen atoms in total. The van der Waals surface area contributed by atoms with Gasteiger partial charge in [0.2, 0.25) is 15.9 Å². The molecule has 0 radical (unpaired) electrons. The van der Waals surface area contributed by atoms with Gasteiger partial charge in [-0.25, -0.2) is 8.42 Å². The predicted molar refractivity (Wildman–Crippen MR) is 92.9 cm³/mol. The molecular formula is C16H24N2O6S. The van der Waals surface area contributed by atoms with E-state index in [0.29, 0.717) is 12.1 Å². The van der Waals surface area contributed by atoms with Gasteiger partial charge in [0.25, 0.3) is 0 Å². The Kier molecular flexibility index (Phi) is 7.38. The molecule has 1 rings (SSSR count). The first-order valence-corrected chi connectivity index (χ1v) is 9.20. The van der Waals surface area contributed by atoms with Crippen LogP contribution in [0, 0.1) is 5.92 Å². The van der Waals surface area contributed by atoms with Gasteiger partial charge in [0.05, 0.1) is 24.8 Å². The molecule has 0 heterocycles. The van der Waals surface area contributed by atoms with Gasteiger partial charge in [0.15, 0.2) is 0 Å². The molecule has 25 heavy (non-hydrogen) atoms. The molecule has 0 fully saturated rings. The Balaban J connectivity index is 3.20. The number of rotatable bonds is 8. The molecule has 0 saturated heterocycles. The van der Waals surface area contributed by atoms with Crippen LogP contribution in [0.1, 0.15) is 27.2 Å². The summed E-state index contributed by atoms with van der Waals surface area (Å²) in [6.45, 7) is 4.93. The second-order valence-corrected chi connectivity index (χ2v) is 7.26. The highest BCUT2D eigenvalue weighted by Gasteiger charge is 2.30. The summed E-state index contributed by atoms with van der Waals surface area (Å²) in [7, 11) is -1.42. The van der Waals surface area contributed by atoms with Gasteiger partial charge in [-0.2, -0.15) is 4.72 Å². The van der Waals surface area contributed by atoms with Gasteiger partial charge in [0.1, 0.15) is 11.8 Å². The third kappa shape index (κ3) is 5.43. The molecule has 0 aliphatic heterocycles. The first-order valence-electron chi connectivity index (χ1n) is 7.72. The van der Waals surface area contributed by atoms with Gasteiger partial charge in [-0.3, -0.25) is 9.59 Å². The molecule has 0 unspecified atom stereocenters. The van der Waals surface area contributed by atoms with Gasteiger partial charge in [-0.05, 0) is 18.1 Å². The van der Waals surface area contributed by atoms with Crippen molar-refractivity contribution in [1.82, 2.24) is 4.72 Å². The zero-order valence-corrected chi connectivity index (χ0v) is 15.8. The number of benzene rings is 1. The molecule has 9 heteroatoms. The van der Waals surface area contributed by atoms with Crippen molar-refractivity contribution < 1.29 is 27.5 Å². The number of hydrogen-bond acceptors (Lipinski definition) is 6. The summed E-state index contributed by atoms with van der Waals surface area (Å²) in [6.07, 6.45) is 0.590. The fourth-order valence-electron chi connectivity index (χ4n) is 2.13. The topological polar surface area (TPSA) is 111 Å². The number of ether oxygens (including phenoxy) is 2. The Morgan fingerprint density at radius 2 is 1.88 bits per heavy atom. The van der Waals surface area contributed by atoms with Crippen LogP contribution < -0.4 is 14.8 Å². The molecule has 0 aliphatic rings. The van der Waals surface area contributed by atoms with Gasteiger partial charge >= 0.3 is 5.97 Å². The number of carbonyl (C=O) groups excluding carboxylic acids is 2. The van der Waals surface area contributed by atoms with Crippen LogP contribution in [0.2, 0.25) is 0 Å². The van der Waals surface area contributed by atoms with Crippen LogP contribution in [0.15, 0.2) is 23.1 Å². The predicted octanol–water partition coefficient (Wildman–Crippen LogP) is 1.52. The van der Waals surface area contributed by atoms with Crippen LogP contribution in [0.3, 0.4) is 0 Å². The number of hydrogen-bond donors (Lipinski definition) is 2. The highest BCUT2D eigenvalue weighted by atomic mass is 32.2. The van der Waals surface area contributed by atoms with Crippen LogP contribution in [0.4, 0.5) is 5.69 Å². The van der Waals surface area contributed by atoms with E-state index >= 15 is 0 Å². The summed E-state index contributed by atoms with van der Waals surface area (Å²) in [5.74, 6) is -1.02. The Morgan fingerprint density at radius 3 is 2.36 bits per heavy atom. The van der Waals surface area contributed by atoms with Gasteiger partial charge in [-0.1, -0.05) is 20.3 Å². The first-order chi connectivity index (χ1) is 11.7. The third-order valence-corrected chi connectivity index (χ3v) is 5.18. The van der Waals surface area contributed by atoms with E-state index in [4.69, 9.17) is 4.74 Å². The number of nitrogens with one attached hydrogen (secondary N) is 2. The fourth-order valence-corrected chi connectivity index (χ4v) is 3.43. The number of esters is 1. The average Bonchev–Trinajstić information content (AvgIpc) is 2.58. The Morgan fingerprint density at radius 1 is 1.24 bits per heavy atom. The van der Waals surface area contributed by atoms with E-state index in [1.165, 1.54) is 39.3 Å². The molecule has 140 valence electrons. The fraction of sp³-hybridized carbons (Fsp3) is 0.500. The zero-order valence-electron chi connectivity index (χ0n) is 15.0. The number of anilines is 1. The smallest absolute Gasteiger partial charge is 0.324 e. The lowest BCUT2D eigenvalue weighted by Crippen LogP contribution is -2.45. The number of carbonyl (C=O) groups is 2. The van der Waals surface area contributed by atoms with Crippen molar-refractivity contribution in [3.05, 3.63) is 18.2 Å². The van der Waals surface area contributed by atoms with Crippen molar-refractivity contribution in [2.45, 2.75) is 38.1 Å². The summed E-state index contributed by atoms with van der Waals surface area (Å²) in [6, 6.07) is 3.02. The van der Waals surface area contributed by atoms with Crippen LogP contribution >= 0.6 is 0 Å². The van der Waals surface area contributed by atoms with E-state index in [1.807, 2.05) is 6.92 Å². The molecule has 0 saturated carbocycles. The third-order valence-electron chi connectivity index (χ3n) is 3.74. The van der Waals surface area contributed by atoms with Crippen LogP contribution in [-0.4, -0.2) is 40.6 Å². The summed E-state index contributed by atoms with van der Waals surface area (Å²) in [4.78, 5) is 23.0. The molecule has 1 aromatic carbocycles. The molecule has 0 aliphatic carbocycles. The Hall–Kier alpha value is -2.13. The van der Waals surface area contributed by atoms with Crippen LogP contribution in [0.25, 0.3) is 0 Å². The lowest BCUT2D eigenvalue weighted by atomic mass is 10.0. The van der Waals surface area contributed by atoms with Crippen molar-refractivity contribution in [2.75, 3.05) is 19.5 Å². The second-order valence-electron chi connectivity index (χ2n) is 5.55. The van der Waals surface area contributed by atoms with Gasteiger partial charge < -0.3 is 14.8 Å². The molecule has 1 amide bonds. The number of sulfonamides is 1. The summed E-state index contributed by atoms with van der Waals surface area (Å²) in [5.41, 5.74) is 0.348. The van der Waals surface area contributed by atoms with Gasteiger partial charge in [0, 0.05) is 13.0 Å². The normalized spacial score (nSPS) is 13.6. The molecule has 0 bridgehead atoms. The maximum absolute atomic E-state index is 12.6. The summed E-state index contributed by atoms with van der Waals surface area (Å²) in [5, 5.41) is 2.55. The Labute approximate surface area is 147 Å². The molecular weight excluding hydrogens is 348 g/mol. The first kappa shape index (κ1) is 20.9. The highest BCUT2D eigenvalue weighted by Crippen LogP contribution is 2.28. The summed E-state index contributed by atoms with van der Waals surface area (Å²) < 4.78 is 37.4. The average molecular weight is 372 g/mol. The molecule has 0 spiro atoms. The minimum absolute atomic E-state index is 0.0874. The quantitative estimate of drug-likeness (QED) is 0.669. The maximum atomic E-state index is 12.6. The molecule has 1 aromatic rings. The van der Waals surface area contributed by atoms with E-state index in [0.717, 1.165) is 0 Å². The molecule has 2 atom stereocenters. The zero-order chi connectivity index (χ0) is 19.2. The van der Waals surface area contributed by atoms with E-state index in [-0.39, 0.29) is 22.5 Å². The van der Waals surface area contributed by atoms with E-state index < -0.39 is 22.0 Å². The van der Waals surface area contributed by atoms with Crippen molar-refractivity contribution in [3.63, 3.8) is 0 Å². The van der Waals surface area contributed by atoms with Crippen molar-refractivity contribution in [1.29, 1.82) is 0 Å². The summed E-state index contributed by atoms with van der Waals surface area (Å²) >= 11 is 0. The van der Waals surface area contributed by atoms with Crippen LogP contribution in [0.5, 0.6) is 5.75 Å². The minimum atomic E-state index is -3.99. The maximum Gasteiger partial charge on any atom is 0.324 e. The molecule has 2 N–H and O–H groups in total. The SMILES string of the molecule is CC[C@@H](C)[C@@H](NS(=O)(=O)c1ccc(NC(C)=O)c(OC)c1)C(=O)OC. The standard InChI is InChI=1S/C16H24N2O6S/c1-6-10(2)15(16(20)24-5)18-25(21,22)12-7-8-13(17-11(3)19)14(9-12)23-4/h7-10,15,18H,6H2,1-5H3,(H,17,19)/t10-,15-/m1/s1. The number of methoxy groups -OCH3 is 2. The number of amides is 1. The highest BCUT2D eigenvalue weighted by molar-refractivity contribution is 7.89. The molecule has 0 aromatic heterocycles. The lowest BCUT2D eigenvalue weighted by molar-refractivity contribution is -0.143. The van der Waals surface area contributed by atoms with E-state index in [2.05, 4.69) is 14.8 Å². The van der Waals surface area contributed by atoms with E-state index in [9.17, 15) is 18.0 Å². The largest absolute Gasteiger partial charge is 0.495 e. The van der Waals surface area contributed by atoms with E-state index in [1.54, 1.807) is 6.92 Å². The van der Waals surface area contributed by atoms with Crippen molar-refractivity contribution >= 4 is 27.6 Å². The van der Waals surface area contributed by atoms with Gasteiger partial charge in [-0.15, -0.1) is 0 Å². The minimum Gasteiger partial charge on any atom is -0.495 e. The van der Waals surface area contributed by atoms with Crippen molar-refractivity contribution in [2.24, 2.45) is 5.92 Å². The second kappa shape index (κ2) is 8.82. The monoisotopic (exact) mass is 372 g/mol. The lowest BCUT2D eigenvalue weighted by Gasteiger charge is -2.22.